The average molecular weight is 408 g/mol. The fourth-order valence-electron chi connectivity index (χ4n) is 2.28. The van der Waals surface area contributed by atoms with Gasteiger partial charge in [-0.15, -0.1) is 0 Å². The Kier molecular flexibility index (Phi) is 5.15. The van der Waals surface area contributed by atoms with E-state index in [1.165, 1.54) is 0 Å². The summed E-state index contributed by atoms with van der Waals surface area (Å²) < 4.78 is 2.13. The Balaban J connectivity index is 2.43. The van der Waals surface area contributed by atoms with Gasteiger partial charge in [-0.1, -0.05) is 31.9 Å². The zero-order valence-corrected chi connectivity index (χ0v) is 15.6. The fourth-order valence-corrected chi connectivity index (χ4v) is 3.66. The van der Waals surface area contributed by atoms with Crippen LogP contribution in [-0.4, -0.2) is 6.01 Å². The zero-order chi connectivity index (χ0) is 15.6. The molecule has 21 heavy (non-hydrogen) atoms. The third-order valence-electron chi connectivity index (χ3n) is 3.24. The van der Waals surface area contributed by atoms with Crippen LogP contribution in [0.2, 0.25) is 0 Å². The van der Waals surface area contributed by atoms with E-state index in [0.717, 1.165) is 42.6 Å². The maximum Gasteiger partial charge on any atom is 0.101 e. The topological polar surface area (TPSA) is 24.7 Å². The van der Waals surface area contributed by atoms with Crippen LogP contribution in [0, 0.1) is 27.7 Å². The van der Waals surface area contributed by atoms with Crippen LogP contribution in [-0.2, 0) is 0 Å². The molecule has 2 aromatic carbocycles. The quantitative estimate of drug-likeness (QED) is 0.502. The Morgan fingerprint density at radius 1 is 0.667 bits per heavy atom. The maximum absolute atomic E-state index is 4.40. The summed E-state index contributed by atoms with van der Waals surface area (Å²) in [4.78, 5) is 8.79. The molecule has 0 aliphatic rings. The van der Waals surface area contributed by atoms with Gasteiger partial charge < -0.3 is 0 Å². The molecule has 0 spiro atoms. The highest BCUT2D eigenvalue weighted by Crippen LogP contribution is 2.29. The molecular weight excluding hydrogens is 392 g/mol. The molecule has 4 heteroatoms. The lowest BCUT2D eigenvalue weighted by Crippen LogP contribution is -1.82. The van der Waals surface area contributed by atoms with Gasteiger partial charge in [-0.25, -0.2) is 0 Å². The summed E-state index contributed by atoms with van der Waals surface area (Å²) in [7, 11) is 0. The van der Waals surface area contributed by atoms with E-state index in [-0.39, 0.29) is 0 Å². The molecule has 0 aliphatic carbocycles. The van der Waals surface area contributed by atoms with Crippen molar-refractivity contribution in [1.82, 2.24) is 0 Å². The summed E-state index contributed by atoms with van der Waals surface area (Å²) in [6.07, 6.45) is 0. The molecule has 0 heterocycles. The van der Waals surface area contributed by atoms with E-state index in [9.17, 15) is 0 Å². The summed E-state index contributed by atoms with van der Waals surface area (Å²) >= 11 is 6.98. The van der Waals surface area contributed by atoms with Gasteiger partial charge in [-0.2, -0.15) is 9.98 Å². The molecule has 0 amide bonds. The molecule has 0 fully saturated rings. The third kappa shape index (κ3) is 3.91. The monoisotopic (exact) mass is 406 g/mol. The summed E-state index contributed by atoms with van der Waals surface area (Å²) in [5, 5.41) is 0. The molecule has 0 aromatic heterocycles. The molecule has 0 aliphatic heterocycles. The molecule has 0 N–H and O–H groups in total. The molecular formula is C17H16Br2N2. The minimum Gasteiger partial charge on any atom is -0.187 e. The second-order valence-corrected chi connectivity index (χ2v) is 6.93. The van der Waals surface area contributed by atoms with Gasteiger partial charge in [-0.05, 0) is 74.2 Å². The number of aryl methyl sites for hydroxylation is 4. The molecule has 0 bridgehead atoms. The van der Waals surface area contributed by atoms with Gasteiger partial charge in [0.05, 0.1) is 11.4 Å². The van der Waals surface area contributed by atoms with Crippen LogP contribution in [0.1, 0.15) is 22.3 Å². The van der Waals surface area contributed by atoms with E-state index >= 15 is 0 Å². The number of hydrogen-bond acceptors (Lipinski definition) is 2. The largest absolute Gasteiger partial charge is 0.187 e. The molecule has 108 valence electrons. The van der Waals surface area contributed by atoms with Crippen LogP contribution in [0.4, 0.5) is 11.4 Å². The first-order valence-corrected chi connectivity index (χ1v) is 8.17. The highest BCUT2D eigenvalue weighted by Gasteiger charge is 2.03. The van der Waals surface area contributed by atoms with Crippen LogP contribution >= 0.6 is 31.9 Å². The van der Waals surface area contributed by atoms with Crippen molar-refractivity contribution in [3.63, 3.8) is 0 Å². The lowest BCUT2D eigenvalue weighted by atomic mass is 10.1. The molecule has 0 atom stereocenters. The first-order valence-electron chi connectivity index (χ1n) is 6.58. The van der Waals surface area contributed by atoms with Gasteiger partial charge >= 0.3 is 0 Å². The van der Waals surface area contributed by atoms with E-state index in [0.29, 0.717) is 0 Å². The Labute approximate surface area is 142 Å². The second-order valence-electron chi connectivity index (χ2n) is 5.10. The molecule has 0 saturated carbocycles. The van der Waals surface area contributed by atoms with Crippen LogP contribution in [0.3, 0.4) is 0 Å². The van der Waals surface area contributed by atoms with E-state index < -0.39 is 0 Å². The number of nitrogens with zero attached hydrogens (tertiary/aromatic N) is 2. The molecule has 0 radical (unpaired) electrons. The van der Waals surface area contributed by atoms with Crippen LogP contribution in [0.15, 0.2) is 43.2 Å². The Bertz CT molecular complexity index is 650. The highest BCUT2D eigenvalue weighted by molar-refractivity contribution is 9.10. The van der Waals surface area contributed by atoms with Gasteiger partial charge in [0.25, 0.3) is 0 Å². The van der Waals surface area contributed by atoms with Crippen molar-refractivity contribution in [3.05, 3.63) is 55.5 Å². The Morgan fingerprint density at radius 2 is 0.952 bits per heavy atom. The zero-order valence-electron chi connectivity index (χ0n) is 12.5. The lowest BCUT2D eigenvalue weighted by molar-refractivity contribution is 1.30. The smallest absolute Gasteiger partial charge is 0.101 e. The first-order chi connectivity index (χ1) is 9.88. The number of hydrogen-bond donors (Lipinski definition) is 0. The predicted molar refractivity (Wildman–Crippen MR) is 96.4 cm³/mol. The third-order valence-corrected chi connectivity index (χ3v) is 4.15. The number of rotatable bonds is 2. The van der Waals surface area contributed by atoms with Gasteiger partial charge in [0.2, 0.25) is 0 Å². The standard InChI is InChI=1S/C17H16Br2N2/c1-10-5-14(18)6-11(2)16(10)20-9-21-17-12(3)7-15(19)8-13(17)4/h5-8H,1-4H3. The van der Waals surface area contributed by atoms with Gasteiger partial charge in [0.1, 0.15) is 6.01 Å². The normalized spacial score (nSPS) is 10.2. The Hall–Kier alpha value is -1.22. The molecule has 2 aromatic rings. The summed E-state index contributed by atoms with van der Waals surface area (Å²) in [5.74, 6) is 0. The van der Waals surface area contributed by atoms with Crippen molar-refractivity contribution in [2.24, 2.45) is 9.98 Å². The van der Waals surface area contributed by atoms with Gasteiger partial charge in [0, 0.05) is 8.95 Å². The molecule has 0 unspecified atom stereocenters. The summed E-state index contributed by atoms with van der Waals surface area (Å²) in [6.45, 7) is 8.14. The number of benzene rings is 2. The molecule has 2 rings (SSSR count). The van der Waals surface area contributed by atoms with Crippen LogP contribution in [0.5, 0.6) is 0 Å². The van der Waals surface area contributed by atoms with E-state index in [1.807, 2.05) is 52.0 Å². The average Bonchev–Trinajstić information content (AvgIpc) is 2.34. The van der Waals surface area contributed by atoms with Gasteiger partial charge in [-0.3, -0.25) is 0 Å². The lowest BCUT2D eigenvalue weighted by Gasteiger charge is -2.04. The van der Waals surface area contributed by atoms with Crippen molar-refractivity contribution < 1.29 is 0 Å². The van der Waals surface area contributed by atoms with Gasteiger partial charge in [0.15, 0.2) is 0 Å². The van der Waals surface area contributed by atoms with Crippen molar-refractivity contribution in [1.29, 1.82) is 0 Å². The van der Waals surface area contributed by atoms with Crippen LogP contribution in [0.25, 0.3) is 0 Å². The van der Waals surface area contributed by atoms with Crippen molar-refractivity contribution in [3.8, 4) is 0 Å². The van der Waals surface area contributed by atoms with E-state index in [1.54, 1.807) is 0 Å². The maximum atomic E-state index is 4.40. The minimum atomic E-state index is 0.925. The first kappa shape index (κ1) is 16.2. The minimum absolute atomic E-state index is 0.925. The van der Waals surface area contributed by atoms with Crippen molar-refractivity contribution in [2.45, 2.75) is 27.7 Å². The summed E-state index contributed by atoms with van der Waals surface area (Å²) in [5.41, 5.74) is 6.27. The number of halogens is 2. The van der Waals surface area contributed by atoms with Crippen molar-refractivity contribution in [2.75, 3.05) is 0 Å². The molecule has 2 nitrogen and oxygen atoms in total. The van der Waals surface area contributed by atoms with E-state index in [2.05, 4.69) is 47.9 Å². The van der Waals surface area contributed by atoms with Crippen LogP contribution < -0.4 is 0 Å². The highest BCUT2D eigenvalue weighted by atomic mass is 79.9. The SMILES string of the molecule is Cc1cc(Br)cc(C)c1N=C=Nc1c(C)cc(Br)cc1C. The second kappa shape index (κ2) is 6.69. The predicted octanol–water partition coefficient (Wildman–Crippen LogP) is 6.58. The summed E-state index contributed by atoms with van der Waals surface area (Å²) in [6, 6.07) is 11.0. The Morgan fingerprint density at radius 3 is 1.24 bits per heavy atom. The number of aliphatic imine (C=N–C) groups is 2. The van der Waals surface area contributed by atoms with E-state index in [4.69, 9.17) is 0 Å². The van der Waals surface area contributed by atoms with Crippen molar-refractivity contribution >= 4 is 49.2 Å². The molecule has 0 saturated heterocycles. The fraction of sp³-hybridized carbons (Fsp3) is 0.235.